The summed E-state index contributed by atoms with van der Waals surface area (Å²) in [6.07, 6.45) is 2.12. The molecule has 1 amide bonds. The van der Waals surface area contributed by atoms with Crippen molar-refractivity contribution in [1.29, 1.82) is 0 Å². The van der Waals surface area contributed by atoms with Crippen LogP contribution in [0.3, 0.4) is 0 Å². The number of hydrogen-bond donors (Lipinski definition) is 1. The monoisotopic (exact) mass is 307 g/mol. The minimum Gasteiger partial charge on any atom is -0.483 e. The van der Waals surface area contributed by atoms with Gasteiger partial charge in [0.1, 0.15) is 11.4 Å². The van der Waals surface area contributed by atoms with E-state index in [1.165, 1.54) is 5.56 Å². The summed E-state index contributed by atoms with van der Waals surface area (Å²) in [7, 11) is 0. The number of ether oxygens (including phenoxy) is 1. The maximum Gasteiger partial charge on any atom is 0.251 e. The smallest absolute Gasteiger partial charge is 0.251 e. The molecule has 3 nitrogen and oxygen atoms in total. The van der Waals surface area contributed by atoms with Crippen molar-refractivity contribution in [2.45, 2.75) is 26.4 Å². The summed E-state index contributed by atoms with van der Waals surface area (Å²) in [5.74, 6) is 0.816. The second kappa shape index (κ2) is 5.92. The second-order valence-corrected chi connectivity index (χ2v) is 6.37. The van der Waals surface area contributed by atoms with Gasteiger partial charge in [0.2, 0.25) is 0 Å². The first-order chi connectivity index (χ1) is 11.0. The summed E-state index contributed by atoms with van der Waals surface area (Å²) in [4.78, 5) is 12.2. The maximum absolute atomic E-state index is 12.2. The molecule has 0 atom stereocenters. The Bertz CT molecular complexity index is 760. The van der Waals surface area contributed by atoms with E-state index < -0.39 is 5.60 Å². The molecule has 1 aliphatic heterocycles. The van der Waals surface area contributed by atoms with Crippen LogP contribution in [0.15, 0.2) is 54.1 Å². The average molecular weight is 307 g/mol. The zero-order chi connectivity index (χ0) is 16.4. The van der Waals surface area contributed by atoms with Gasteiger partial charge in [-0.15, -0.1) is 0 Å². The van der Waals surface area contributed by atoms with Gasteiger partial charge in [-0.25, -0.2) is 0 Å². The fourth-order valence-corrected chi connectivity index (χ4v) is 2.71. The van der Waals surface area contributed by atoms with Crippen LogP contribution < -0.4 is 10.1 Å². The van der Waals surface area contributed by atoms with E-state index in [0.717, 1.165) is 16.9 Å². The fraction of sp³-hybridized carbons (Fsp3) is 0.250. The Labute approximate surface area is 137 Å². The molecule has 23 heavy (non-hydrogen) atoms. The molecule has 3 rings (SSSR count). The Balaban J connectivity index is 1.80. The normalized spacial score (nSPS) is 15.2. The van der Waals surface area contributed by atoms with Gasteiger partial charge in [-0.1, -0.05) is 29.8 Å². The number of fused-ring (bicyclic) bond motifs is 1. The Morgan fingerprint density at radius 1 is 1.13 bits per heavy atom. The number of benzene rings is 2. The van der Waals surface area contributed by atoms with Gasteiger partial charge in [0.05, 0.1) is 0 Å². The molecule has 1 aliphatic rings. The highest BCUT2D eigenvalue weighted by Gasteiger charge is 2.30. The minimum absolute atomic E-state index is 0.0719. The zero-order valence-electron chi connectivity index (χ0n) is 13.7. The third-order valence-electron chi connectivity index (χ3n) is 4.11. The lowest BCUT2D eigenvalue weighted by atomic mass is 9.91. The molecule has 0 bridgehead atoms. The van der Waals surface area contributed by atoms with Crippen LogP contribution in [0, 0.1) is 6.92 Å². The Morgan fingerprint density at radius 2 is 1.87 bits per heavy atom. The van der Waals surface area contributed by atoms with Gasteiger partial charge in [0, 0.05) is 17.7 Å². The number of amides is 1. The topological polar surface area (TPSA) is 38.3 Å². The van der Waals surface area contributed by atoms with Gasteiger partial charge >= 0.3 is 0 Å². The number of carbonyl (C=O) groups excluding carboxylic acids is 1. The molecule has 3 heteroatoms. The summed E-state index contributed by atoms with van der Waals surface area (Å²) in [6.45, 7) is 6.57. The summed E-state index contributed by atoms with van der Waals surface area (Å²) in [5.41, 5.74) is 3.54. The van der Waals surface area contributed by atoms with Gasteiger partial charge in [-0.05, 0) is 56.7 Å². The highest BCUT2D eigenvalue weighted by molar-refractivity contribution is 5.94. The van der Waals surface area contributed by atoms with Crippen molar-refractivity contribution in [3.63, 3.8) is 0 Å². The molecule has 0 spiro atoms. The average Bonchev–Trinajstić information content (AvgIpc) is 2.53. The van der Waals surface area contributed by atoms with E-state index in [4.69, 9.17) is 4.74 Å². The van der Waals surface area contributed by atoms with Crippen LogP contribution in [0.2, 0.25) is 0 Å². The molecule has 0 unspecified atom stereocenters. The van der Waals surface area contributed by atoms with Crippen molar-refractivity contribution in [3.05, 3.63) is 70.8 Å². The van der Waals surface area contributed by atoms with Crippen molar-refractivity contribution in [1.82, 2.24) is 5.32 Å². The molecule has 2 aromatic carbocycles. The molecule has 0 saturated carbocycles. The van der Waals surface area contributed by atoms with E-state index in [2.05, 4.69) is 24.4 Å². The minimum atomic E-state index is -0.438. The largest absolute Gasteiger partial charge is 0.483 e. The van der Waals surface area contributed by atoms with Gasteiger partial charge in [-0.3, -0.25) is 4.79 Å². The summed E-state index contributed by atoms with van der Waals surface area (Å²) < 4.78 is 6.11. The highest BCUT2D eigenvalue weighted by Crippen LogP contribution is 2.35. The zero-order valence-corrected chi connectivity index (χ0v) is 13.7. The van der Waals surface area contributed by atoms with Crippen LogP contribution in [-0.4, -0.2) is 18.1 Å². The molecule has 2 aromatic rings. The van der Waals surface area contributed by atoms with Crippen molar-refractivity contribution < 1.29 is 9.53 Å². The molecule has 0 radical (unpaired) electrons. The first-order valence-corrected chi connectivity index (χ1v) is 7.80. The number of rotatable bonds is 3. The van der Waals surface area contributed by atoms with Crippen LogP contribution in [0.4, 0.5) is 0 Å². The number of nitrogens with one attached hydrogen (secondary N) is 1. The lowest BCUT2D eigenvalue weighted by molar-refractivity contribution is 0.0948. The Kier molecular flexibility index (Phi) is 3.95. The molecule has 1 heterocycles. The molecule has 0 saturated heterocycles. The predicted octanol–water partition coefficient (Wildman–Crippen LogP) is 3.98. The summed E-state index contributed by atoms with van der Waals surface area (Å²) in [5, 5.41) is 2.98. The lowest BCUT2D eigenvalue weighted by Gasteiger charge is -2.34. The molecule has 0 aromatic heterocycles. The SMILES string of the molecule is Cc1ccc2c(c1)C=C(CNC(=O)c1ccccc1)C(C)(C)O2. The summed E-state index contributed by atoms with van der Waals surface area (Å²) in [6, 6.07) is 15.4. The molecule has 0 fully saturated rings. The molecule has 118 valence electrons. The van der Waals surface area contributed by atoms with E-state index >= 15 is 0 Å². The first-order valence-electron chi connectivity index (χ1n) is 7.80. The van der Waals surface area contributed by atoms with E-state index in [1.54, 1.807) is 0 Å². The third-order valence-corrected chi connectivity index (χ3v) is 4.11. The Hall–Kier alpha value is -2.55. The quantitative estimate of drug-likeness (QED) is 0.931. The number of carbonyl (C=O) groups is 1. The van der Waals surface area contributed by atoms with Gasteiger partial charge in [-0.2, -0.15) is 0 Å². The predicted molar refractivity (Wildman–Crippen MR) is 92.6 cm³/mol. The van der Waals surface area contributed by atoms with Gasteiger partial charge < -0.3 is 10.1 Å². The fourth-order valence-electron chi connectivity index (χ4n) is 2.71. The second-order valence-electron chi connectivity index (χ2n) is 6.37. The molecule has 1 N–H and O–H groups in total. The van der Waals surface area contributed by atoms with Crippen LogP contribution >= 0.6 is 0 Å². The van der Waals surface area contributed by atoms with E-state index in [-0.39, 0.29) is 5.91 Å². The van der Waals surface area contributed by atoms with Crippen molar-refractivity contribution >= 4 is 12.0 Å². The van der Waals surface area contributed by atoms with Crippen molar-refractivity contribution in [3.8, 4) is 5.75 Å². The molecular formula is C20H21NO2. The van der Waals surface area contributed by atoms with Crippen LogP contribution in [0.1, 0.15) is 35.3 Å². The lowest BCUT2D eigenvalue weighted by Crippen LogP contribution is -2.39. The van der Waals surface area contributed by atoms with Crippen LogP contribution in [0.25, 0.3) is 6.08 Å². The summed E-state index contributed by atoms with van der Waals surface area (Å²) >= 11 is 0. The third kappa shape index (κ3) is 3.29. The van der Waals surface area contributed by atoms with Gasteiger partial charge in [0.25, 0.3) is 5.91 Å². The Morgan fingerprint density at radius 3 is 2.61 bits per heavy atom. The van der Waals surface area contributed by atoms with Crippen molar-refractivity contribution in [2.75, 3.05) is 6.54 Å². The van der Waals surface area contributed by atoms with Gasteiger partial charge in [0.15, 0.2) is 0 Å². The van der Waals surface area contributed by atoms with Crippen LogP contribution in [0.5, 0.6) is 5.75 Å². The van der Waals surface area contributed by atoms with E-state index in [9.17, 15) is 4.79 Å². The standard InChI is InChI=1S/C20H21NO2/c1-14-9-10-18-16(11-14)12-17(20(2,3)23-18)13-21-19(22)15-7-5-4-6-8-15/h4-12H,13H2,1-3H3,(H,21,22). The highest BCUT2D eigenvalue weighted by atomic mass is 16.5. The van der Waals surface area contributed by atoms with E-state index in [1.807, 2.05) is 56.3 Å². The first kappa shape index (κ1) is 15.3. The van der Waals surface area contributed by atoms with E-state index in [0.29, 0.717) is 12.1 Å². The number of aryl methyl sites for hydroxylation is 1. The molecule has 0 aliphatic carbocycles. The van der Waals surface area contributed by atoms with Crippen molar-refractivity contribution in [2.24, 2.45) is 0 Å². The molecular weight excluding hydrogens is 286 g/mol. The van der Waals surface area contributed by atoms with Crippen LogP contribution in [-0.2, 0) is 0 Å². The maximum atomic E-state index is 12.2. The number of hydrogen-bond acceptors (Lipinski definition) is 2.